The van der Waals surface area contributed by atoms with Crippen LogP contribution in [-0.2, 0) is 21.2 Å². The Morgan fingerprint density at radius 3 is 2.57 bits per heavy atom. The van der Waals surface area contributed by atoms with Crippen LogP contribution in [0.25, 0.3) is 10.9 Å². The van der Waals surface area contributed by atoms with Crippen molar-refractivity contribution in [2.45, 2.75) is 17.6 Å². The maximum atomic E-state index is 12.5. The van der Waals surface area contributed by atoms with E-state index in [0.717, 1.165) is 33.4 Å². The number of thiophene rings is 1. The molecule has 0 aliphatic carbocycles. The Labute approximate surface area is 178 Å². The molecule has 4 rings (SSSR count). The van der Waals surface area contributed by atoms with Gasteiger partial charge in [-0.15, -0.1) is 11.3 Å². The van der Waals surface area contributed by atoms with Gasteiger partial charge in [-0.3, -0.25) is 14.5 Å². The molecule has 0 aliphatic heterocycles. The van der Waals surface area contributed by atoms with Crippen molar-refractivity contribution in [3.63, 3.8) is 0 Å². The molecule has 0 atom stereocenters. The van der Waals surface area contributed by atoms with E-state index < -0.39 is 10.0 Å². The topological polar surface area (TPSA) is 88.2 Å². The van der Waals surface area contributed by atoms with Crippen LogP contribution in [0, 0.1) is 6.92 Å². The molecular weight excluding hydrogens is 418 g/mol. The summed E-state index contributed by atoms with van der Waals surface area (Å²) < 4.78 is 27.4. The van der Waals surface area contributed by atoms with Gasteiger partial charge in [0.05, 0.1) is 17.6 Å². The van der Waals surface area contributed by atoms with E-state index >= 15 is 0 Å². The standard InChI is InChI=1S/C22H19N3O3S2/c1-15-6-11-19(18-4-2-12-23-22(15)18)24-20(26)14-16-7-9-17(10-8-16)25-30(27,28)21-5-3-13-29-21/h2-13,25H,14H2,1H3,(H,24,26). The fourth-order valence-corrected chi connectivity index (χ4v) is 5.17. The number of aryl methyl sites for hydroxylation is 1. The van der Waals surface area contributed by atoms with E-state index in [4.69, 9.17) is 0 Å². The summed E-state index contributed by atoms with van der Waals surface area (Å²) >= 11 is 1.16. The second-order valence-corrected chi connectivity index (χ2v) is 9.65. The molecule has 0 aliphatic rings. The molecule has 0 saturated heterocycles. The van der Waals surface area contributed by atoms with Crippen LogP contribution in [0.1, 0.15) is 11.1 Å². The maximum absolute atomic E-state index is 12.5. The van der Waals surface area contributed by atoms with Crippen molar-refractivity contribution in [1.82, 2.24) is 4.98 Å². The Kier molecular flexibility index (Phi) is 5.52. The molecule has 0 bridgehead atoms. The number of sulfonamides is 1. The number of amides is 1. The Morgan fingerprint density at radius 2 is 1.83 bits per heavy atom. The Hall–Kier alpha value is -3.23. The first-order chi connectivity index (χ1) is 14.4. The molecule has 2 heterocycles. The molecule has 1 amide bonds. The third kappa shape index (κ3) is 4.34. The van der Waals surface area contributed by atoms with Gasteiger partial charge in [0.15, 0.2) is 0 Å². The van der Waals surface area contributed by atoms with Crippen molar-refractivity contribution < 1.29 is 13.2 Å². The van der Waals surface area contributed by atoms with E-state index in [2.05, 4.69) is 15.0 Å². The van der Waals surface area contributed by atoms with E-state index in [0.29, 0.717) is 11.4 Å². The number of pyridine rings is 1. The summed E-state index contributed by atoms with van der Waals surface area (Å²) in [6.45, 7) is 1.98. The van der Waals surface area contributed by atoms with Gasteiger partial charge in [-0.2, -0.15) is 0 Å². The Balaban J connectivity index is 1.44. The zero-order valence-electron chi connectivity index (χ0n) is 16.1. The van der Waals surface area contributed by atoms with Gasteiger partial charge in [0.25, 0.3) is 10.0 Å². The van der Waals surface area contributed by atoms with Gasteiger partial charge in [0.2, 0.25) is 5.91 Å². The smallest absolute Gasteiger partial charge is 0.271 e. The monoisotopic (exact) mass is 437 g/mol. The van der Waals surface area contributed by atoms with E-state index in [-0.39, 0.29) is 16.5 Å². The minimum absolute atomic E-state index is 0.157. The number of hydrogen-bond donors (Lipinski definition) is 2. The Bertz CT molecular complexity index is 1300. The van der Waals surface area contributed by atoms with Gasteiger partial charge in [0.1, 0.15) is 4.21 Å². The summed E-state index contributed by atoms with van der Waals surface area (Å²) in [6.07, 6.45) is 1.91. The van der Waals surface area contributed by atoms with Gasteiger partial charge in [0, 0.05) is 17.3 Å². The highest BCUT2D eigenvalue weighted by Crippen LogP contribution is 2.25. The van der Waals surface area contributed by atoms with Gasteiger partial charge in [-0.05, 0) is 59.8 Å². The maximum Gasteiger partial charge on any atom is 0.271 e. The largest absolute Gasteiger partial charge is 0.325 e. The van der Waals surface area contributed by atoms with Crippen molar-refractivity contribution in [1.29, 1.82) is 0 Å². The molecule has 0 unspecified atom stereocenters. The lowest BCUT2D eigenvalue weighted by atomic mass is 10.1. The quantitative estimate of drug-likeness (QED) is 0.462. The van der Waals surface area contributed by atoms with Crippen LogP contribution in [0.5, 0.6) is 0 Å². The second kappa shape index (κ2) is 8.25. The molecule has 0 radical (unpaired) electrons. The number of carbonyl (C=O) groups excluding carboxylic acids is 1. The highest BCUT2D eigenvalue weighted by atomic mass is 32.2. The van der Waals surface area contributed by atoms with Crippen molar-refractivity contribution in [2.24, 2.45) is 0 Å². The first-order valence-corrected chi connectivity index (χ1v) is 11.6. The molecule has 2 aromatic heterocycles. The molecule has 8 heteroatoms. The van der Waals surface area contributed by atoms with Crippen LogP contribution in [0.4, 0.5) is 11.4 Å². The number of rotatable bonds is 6. The van der Waals surface area contributed by atoms with Crippen molar-refractivity contribution in [3.05, 3.63) is 83.4 Å². The number of carbonyl (C=O) groups is 1. The SMILES string of the molecule is Cc1ccc(NC(=O)Cc2ccc(NS(=O)(=O)c3cccs3)cc2)c2cccnc12. The zero-order chi connectivity index (χ0) is 21.1. The molecule has 0 spiro atoms. The lowest BCUT2D eigenvalue weighted by Gasteiger charge is -2.11. The van der Waals surface area contributed by atoms with Crippen LogP contribution >= 0.6 is 11.3 Å². The summed E-state index contributed by atoms with van der Waals surface area (Å²) in [5.41, 5.74) is 3.85. The van der Waals surface area contributed by atoms with Crippen molar-refractivity contribution in [2.75, 3.05) is 10.0 Å². The van der Waals surface area contributed by atoms with Crippen LogP contribution in [0.3, 0.4) is 0 Å². The van der Waals surface area contributed by atoms with Crippen molar-refractivity contribution >= 4 is 49.5 Å². The summed E-state index contributed by atoms with van der Waals surface area (Å²) in [6, 6.07) is 17.6. The summed E-state index contributed by atoms with van der Waals surface area (Å²) in [5, 5.41) is 5.55. The Morgan fingerprint density at radius 1 is 1.03 bits per heavy atom. The average Bonchev–Trinajstić information content (AvgIpc) is 3.28. The summed E-state index contributed by atoms with van der Waals surface area (Å²) in [7, 11) is -3.59. The molecule has 30 heavy (non-hydrogen) atoms. The average molecular weight is 438 g/mol. The predicted octanol–water partition coefficient (Wildman–Crippen LogP) is 4.59. The van der Waals surface area contributed by atoms with Crippen molar-refractivity contribution in [3.8, 4) is 0 Å². The van der Waals surface area contributed by atoms with E-state index in [9.17, 15) is 13.2 Å². The third-order valence-electron chi connectivity index (χ3n) is 4.58. The number of hydrogen-bond acceptors (Lipinski definition) is 5. The van der Waals surface area contributed by atoms with Gasteiger partial charge < -0.3 is 5.32 Å². The second-order valence-electron chi connectivity index (χ2n) is 6.79. The normalized spacial score (nSPS) is 11.4. The van der Waals surface area contributed by atoms with Crippen LogP contribution in [0.15, 0.2) is 76.4 Å². The number of fused-ring (bicyclic) bond motifs is 1. The fraction of sp³-hybridized carbons (Fsp3) is 0.0909. The summed E-state index contributed by atoms with van der Waals surface area (Å²) in [4.78, 5) is 16.9. The van der Waals surface area contributed by atoms with E-state index in [1.807, 2.05) is 31.2 Å². The highest BCUT2D eigenvalue weighted by Gasteiger charge is 2.15. The molecule has 152 valence electrons. The molecule has 4 aromatic rings. The molecule has 2 N–H and O–H groups in total. The van der Waals surface area contributed by atoms with Gasteiger partial charge >= 0.3 is 0 Å². The minimum atomic E-state index is -3.59. The van der Waals surface area contributed by atoms with Gasteiger partial charge in [-0.1, -0.05) is 24.3 Å². The fourth-order valence-electron chi connectivity index (χ4n) is 3.12. The predicted molar refractivity (Wildman–Crippen MR) is 120 cm³/mol. The first-order valence-electron chi connectivity index (χ1n) is 9.22. The number of anilines is 2. The van der Waals surface area contributed by atoms with E-state index in [1.54, 1.807) is 48.0 Å². The lowest BCUT2D eigenvalue weighted by molar-refractivity contribution is -0.115. The third-order valence-corrected chi connectivity index (χ3v) is 7.36. The molecule has 6 nitrogen and oxygen atoms in total. The zero-order valence-corrected chi connectivity index (χ0v) is 17.8. The van der Waals surface area contributed by atoms with Crippen LogP contribution in [-0.4, -0.2) is 19.3 Å². The van der Waals surface area contributed by atoms with Crippen LogP contribution in [0.2, 0.25) is 0 Å². The molecular formula is C22H19N3O3S2. The molecule has 0 saturated carbocycles. The number of aromatic nitrogens is 1. The molecule has 2 aromatic carbocycles. The number of nitrogens with zero attached hydrogens (tertiary/aromatic N) is 1. The number of benzene rings is 2. The van der Waals surface area contributed by atoms with E-state index in [1.165, 1.54) is 0 Å². The van der Waals surface area contributed by atoms with Gasteiger partial charge in [-0.25, -0.2) is 8.42 Å². The lowest BCUT2D eigenvalue weighted by Crippen LogP contribution is -2.15. The first kappa shape index (κ1) is 20.1. The number of nitrogens with one attached hydrogen (secondary N) is 2. The highest BCUT2D eigenvalue weighted by molar-refractivity contribution is 7.94. The minimum Gasteiger partial charge on any atom is -0.325 e. The van der Waals surface area contributed by atoms with Crippen LogP contribution < -0.4 is 10.0 Å². The summed E-state index contributed by atoms with van der Waals surface area (Å²) in [5.74, 6) is -0.157. The molecule has 0 fully saturated rings.